The molecule has 6 nitrogen and oxygen atoms in total. The summed E-state index contributed by atoms with van der Waals surface area (Å²) in [4.78, 5) is 16.6. The molecule has 2 heterocycles. The molecule has 0 bridgehead atoms. The van der Waals surface area contributed by atoms with Crippen LogP contribution in [-0.4, -0.2) is 25.8 Å². The second kappa shape index (κ2) is 6.77. The Morgan fingerprint density at radius 1 is 1.15 bits per heavy atom. The van der Waals surface area contributed by atoms with Crippen molar-refractivity contribution >= 4 is 49.8 Å². The van der Waals surface area contributed by atoms with Crippen LogP contribution in [-0.2, 0) is 9.53 Å². The van der Waals surface area contributed by atoms with Gasteiger partial charge in [0.05, 0.1) is 11.6 Å². The lowest BCUT2D eigenvalue weighted by molar-refractivity contribution is -0.129. The van der Waals surface area contributed by atoms with Gasteiger partial charge in [-0.15, -0.1) is 0 Å². The van der Waals surface area contributed by atoms with Gasteiger partial charge in [-0.05, 0) is 52.3 Å². The fourth-order valence-electron chi connectivity index (χ4n) is 2.61. The highest BCUT2D eigenvalue weighted by Crippen LogP contribution is 2.36. The highest BCUT2D eigenvalue weighted by Gasteiger charge is 2.26. The van der Waals surface area contributed by atoms with Crippen LogP contribution in [0.5, 0.6) is 17.2 Å². The van der Waals surface area contributed by atoms with E-state index in [1.807, 2.05) is 12.1 Å². The van der Waals surface area contributed by atoms with Crippen molar-refractivity contribution in [2.45, 2.75) is 0 Å². The number of hydrogen-bond acceptors (Lipinski definition) is 6. The first-order valence-electron chi connectivity index (χ1n) is 7.51. The average Bonchev–Trinajstić information content (AvgIpc) is 3.21. The van der Waals surface area contributed by atoms with Crippen LogP contribution in [0, 0.1) is 0 Å². The quantitative estimate of drug-likeness (QED) is 0.484. The molecule has 0 fully saturated rings. The molecule has 0 amide bonds. The second-order valence-electron chi connectivity index (χ2n) is 5.41. The number of methoxy groups -OCH3 is 1. The summed E-state index contributed by atoms with van der Waals surface area (Å²) in [5, 5.41) is 0. The van der Waals surface area contributed by atoms with Crippen LogP contribution in [0.15, 0.2) is 50.0 Å². The molecule has 0 aromatic heterocycles. The van der Waals surface area contributed by atoms with E-state index in [2.05, 4.69) is 36.9 Å². The van der Waals surface area contributed by atoms with Gasteiger partial charge in [-0.25, -0.2) is 9.79 Å². The number of benzene rings is 2. The Bertz CT molecular complexity index is 984. The Kier molecular flexibility index (Phi) is 4.46. The number of cyclic esters (lactones) is 1. The third-order valence-electron chi connectivity index (χ3n) is 3.77. The summed E-state index contributed by atoms with van der Waals surface area (Å²) in [5.41, 5.74) is 1.51. The van der Waals surface area contributed by atoms with Crippen molar-refractivity contribution in [1.82, 2.24) is 0 Å². The summed E-state index contributed by atoms with van der Waals surface area (Å²) in [7, 11) is 1.56. The topological polar surface area (TPSA) is 66.3 Å². The molecule has 2 aromatic rings. The maximum Gasteiger partial charge on any atom is 0.363 e. The van der Waals surface area contributed by atoms with E-state index in [1.54, 1.807) is 31.4 Å². The van der Waals surface area contributed by atoms with Crippen molar-refractivity contribution in [3.05, 3.63) is 56.1 Å². The molecule has 132 valence electrons. The third-order valence-corrected chi connectivity index (χ3v) is 4.82. The lowest BCUT2D eigenvalue weighted by Gasteiger charge is -2.08. The number of halogens is 2. The molecule has 4 rings (SSSR count). The molecule has 2 aliphatic heterocycles. The number of carbonyl (C=O) groups is 1. The molecular weight excluding hydrogens is 470 g/mol. The molecule has 26 heavy (non-hydrogen) atoms. The number of carbonyl (C=O) groups excluding carboxylic acids is 1. The molecule has 0 radical (unpaired) electrons. The number of aliphatic imine (C=N–C) groups is 1. The van der Waals surface area contributed by atoms with Crippen molar-refractivity contribution in [1.29, 1.82) is 0 Å². The van der Waals surface area contributed by atoms with Crippen molar-refractivity contribution < 1.29 is 23.7 Å². The van der Waals surface area contributed by atoms with Crippen LogP contribution in [0.4, 0.5) is 0 Å². The average molecular weight is 481 g/mol. The Balaban J connectivity index is 1.72. The predicted octanol–water partition coefficient (Wildman–Crippen LogP) is 4.29. The Hall–Kier alpha value is -2.32. The van der Waals surface area contributed by atoms with Crippen molar-refractivity contribution in [2.75, 3.05) is 13.9 Å². The van der Waals surface area contributed by atoms with Gasteiger partial charge >= 0.3 is 5.97 Å². The number of nitrogens with zero attached hydrogens (tertiary/aromatic N) is 1. The Morgan fingerprint density at radius 2 is 1.96 bits per heavy atom. The molecular formula is C18H11Br2NO5. The SMILES string of the molecule is COc1c(Br)cc(Br)cc1/C=C1\N=C(c2ccc3c(c2)OCO3)OC1=O. The van der Waals surface area contributed by atoms with Gasteiger partial charge in [-0.1, -0.05) is 15.9 Å². The van der Waals surface area contributed by atoms with Gasteiger partial charge in [0.15, 0.2) is 17.2 Å². The van der Waals surface area contributed by atoms with Crippen LogP contribution in [0.3, 0.4) is 0 Å². The summed E-state index contributed by atoms with van der Waals surface area (Å²) in [5.74, 6) is 1.53. The van der Waals surface area contributed by atoms with Crippen molar-refractivity contribution in [2.24, 2.45) is 4.99 Å². The first kappa shape index (κ1) is 17.1. The number of ether oxygens (including phenoxy) is 4. The maximum atomic E-state index is 12.2. The molecule has 2 aliphatic rings. The minimum absolute atomic E-state index is 0.174. The molecule has 0 N–H and O–H groups in total. The number of hydrogen-bond donors (Lipinski definition) is 0. The smallest absolute Gasteiger partial charge is 0.363 e. The monoisotopic (exact) mass is 479 g/mol. The maximum absolute atomic E-state index is 12.2. The normalized spacial score (nSPS) is 16.7. The molecule has 0 saturated heterocycles. The fraction of sp³-hybridized carbons (Fsp3) is 0.111. The predicted molar refractivity (Wildman–Crippen MR) is 102 cm³/mol. The van der Waals surface area contributed by atoms with Gasteiger partial charge in [0.25, 0.3) is 0 Å². The lowest BCUT2D eigenvalue weighted by atomic mass is 10.1. The van der Waals surface area contributed by atoms with E-state index in [0.717, 1.165) is 8.95 Å². The van der Waals surface area contributed by atoms with E-state index in [9.17, 15) is 4.79 Å². The Labute approximate surface area is 165 Å². The molecule has 0 aliphatic carbocycles. The van der Waals surface area contributed by atoms with E-state index < -0.39 is 5.97 Å². The zero-order valence-electron chi connectivity index (χ0n) is 13.4. The standard InChI is InChI=1S/C18H11Br2NO5/c1-23-16-10(4-11(19)7-12(16)20)5-13-18(22)26-17(21-13)9-2-3-14-15(6-9)25-8-24-14/h2-7H,8H2,1H3/b13-5-. The highest BCUT2D eigenvalue weighted by molar-refractivity contribution is 9.11. The van der Waals surface area contributed by atoms with Crippen LogP contribution in [0.1, 0.15) is 11.1 Å². The summed E-state index contributed by atoms with van der Waals surface area (Å²) in [6.07, 6.45) is 1.62. The highest BCUT2D eigenvalue weighted by atomic mass is 79.9. The largest absolute Gasteiger partial charge is 0.495 e. The van der Waals surface area contributed by atoms with Crippen molar-refractivity contribution in [3.8, 4) is 17.2 Å². The zero-order chi connectivity index (χ0) is 18.3. The molecule has 0 atom stereocenters. The molecule has 0 saturated carbocycles. The number of fused-ring (bicyclic) bond motifs is 1. The van der Waals surface area contributed by atoms with Gasteiger partial charge in [0.1, 0.15) is 5.75 Å². The van der Waals surface area contributed by atoms with Gasteiger partial charge in [0.2, 0.25) is 12.7 Å². The van der Waals surface area contributed by atoms with Crippen LogP contribution in [0.25, 0.3) is 6.08 Å². The Morgan fingerprint density at radius 3 is 2.77 bits per heavy atom. The van der Waals surface area contributed by atoms with E-state index in [4.69, 9.17) is 18.9 Å². The van der Waals surface area contributed by atoms with Crippen LogP contribution >= 0.6 is 31.9 Å². The first-order valence-corrected chi connectivity index (χ1v) is 9.09. The summed E-state index contributed by atoms with van der Waals surface area (Å²) >= 11 is 6.86. The van der Waals surface area contributed by atoms with E-state index in [0.29, 0.717) is 28.4 Å². The van der Waals surface area contributed by atoms with Gasteiger partial charge in [-0.3, -0.25) is 0 Å². The van der Waals surface area contributed by atoms with E-state index >= 15 is 0 Å². The van der Waals surface area contributed by atoms with Gasteiger partial charge < -0.3 is 18.9 Å². The third kappa shape index (κ3) is 3.10. The zero-order valence-corrected chi connectivity index (χ0v) is 16.6. The molecule has 0 spiro atoms. The number of esters is 1. The van der Waals surface area contributed by atoms with Crippen LogP contribution < -0.4 is 14.2 Å². The second-order valence-corrected chi connectivity index (χ2v) is 7.18. The van der Waals surface area contributed by atoms with Crippen molar-refractivity contribution in [3.63, 3.8) is 0 Å². The van der Waals surface area contributed by atoms with Gasteiger partial charge in [0, 0.05) is 15.6 Å². The minimum atomic E-state index is -0.532. The fourth-order valence-corrected chi connectivity index (χ4v) is 4.03. The minimum Gasteiger partial charge on any atom is -0.495 e. The first-order chi connectivity index (χ1) is 12.5. The summed E-state index contributed by atoms with van der Waals surface area (Å²) in [6, 6.07) is 8.93. The van der Waals surface area contributed by atoms with E-state index in [-0.39, 0.29) is 18.4 Å². The lowest BCUT2D eigenvalue weighted by Crippen LogP contribution is -2.05. The van der Waals surface area contributed by atoms with E-state index in [1.165, 1.54) is 0 Å². The summed E-state index contributed by atoms with van der Waals surface area (Å²) < 4.78 is 22.9. The molecule has 8 heteroatoms. The van der Waals surface area contributed by atoms with Gasteiger partial charge in [-0.2, -0.15) is 0 Å². The van der Waals surface area contributed by atoms with Crippen LogP contribution in [0.2, 0.25) is 0 Å². The number of rotatable bonds is 3. The molecule has 0 unspecified atom stereocenters. The molecule has 2 aromatic carbocycles. The summed E-state index contributed by atoms with van der Waals surface area (Å²) in [6.45, 7) is 0.174.